The summed E-state index contributed by atoms with van der Waals surface area (Å²) in [6.45, 7) is 1.82. The van der Waals surface area contributed by atoms with Crippen LogP contribution in [-0.4, -0.2) is 0 Å². The first kappa shape index (κ1) is 11.4. The molecule has 0 aromatic heterocycles. The van der Waals surface area contributed by atoms with Crippen LogP contribution in [0.25, 0.3) is 0 Å². The number of nitrogens with two attached hydrogens (primary N) is 1. The molecule has 0 spiro atoms. The van der Waals surface area contributed by atoms with E-state index >= 15 is 0 Å². The fourth-order valence-corrected chi connectivity index (χ4v) is 1.47. The van der Waals surface area contributed by atoms with Crippen molar-refractivity contribution >= 4 is 5.69 Å². The summed E-state index contributed by atoms with van der Waals surface area (Å²) in [6, 6.07) is 8.65. The molecule has 88 valence electrons. The van der Waals surface area contributed by atoms with Crippen molar-refractivity contribution in [2.75, 3.05) is 5.73 Å². The molecule has 4 heteroatoms. The van der Waals surface area contributed by atoms with Gasteiger partial charge in [0.15, 0.2) is 17.4 Å². The summed E-state index contributed by atoms with van der Waals surface area (Å²) in [4.78, 5) is 0. The Kier molecular flexibility index (Phi) is 2.95. The largest absolute Gasteiger partial charge is 0.455 e. The highest BCUT2D eigenvalue weighted by Crippen LogP contribution is 2.31. The molecule has 0 saturated carbocycles. The van der Waals surface area contributed by atoms with Crippen molar-refractivity contribution in [2.24, 2.45) is 0 Å². The van der Waals surface area contributed by atoms with Gasteiger partial charge in [0.2, 0.25) is 0 Å². The Labute approximate surface area is 97.6 Å². The van der Waals surface area contributed by atoms with Gasteiger partial charge in [-0.05, 0) is 30.7 Å². The molecule has 0 amide bonds. The number of hydrogen-bond donors (Lipinski definition) is 1. The molecule has 0 radical (unpaired) electrons. The summed E-state index contributed by atoms with van der Waals surface area (Å²) >= 11 is 0. The summed E-state index contributed by atoms with van der Waals surface area (Å²) in [5.74, 6) is -1.19. The van der Waals surface area contributed by atoms with Crippen LogP contribution < -0.4 is 10.5 Å². The summed E-state index contributed by atoms with van der Waals surface area (Å²) < 4.78 is 31.2. The number of anilines is 1. The van der Waals surface area contributed by atoms with Gasteiger partial charge >= 0.3 is 0 Å². The zero-order valence-corrected chi connectivity index (χ0v) is 9.21. The van der Waals surface area contributed by atoms with E-state index < -0.39 is 11.6 Å². The lowest BCUT2D eigenvalue weighted by molar-refractivity contribution is 0.461. The first-order valence-corrected chi connectivity index (χ1v) is 5.06. The van der Waals surface area contributed by atoms with Gasteiger partial charge in [-0.15, -0.1) is 0 Å². The number of para-hydroxylation sites is 1. The molecule has 0 fully saturated rings. The maximum atomic E-state index is 13.0. The SMILES string of the molecule is Cc1cccc(N)c1Oc1ccc(F)c(F)c1. The lowest BCUT2D eigenvalue weighted by atomic mass is 10.2. The van der Waals surface area contributed by atoms with Crippen molar-refractivity contribution in [1.82, 2.24) is 0 Å². The van der Waals surface area contributed by atoms with E-state index in [2.05, 4.69) is 0 Å². The molecule has 2 nitrogen and oxygen atoms in total. The van der Waals surface area contributed by atoms with Gasteiger partial charge in [0.25, 0.3) is 0 Å². The fraction of sp³-hybridized carbons (Fsp3) is 0.0769. The highest BCUT2D eigenvalue weighted by Gasteiger charge is 2.08. The Hall–Kier alpha value is -2.10. The van der Waals surface area contributed by atoms with Gasteiger partial charge in [-0.1, -0.05) is 12.1 Å². The van der Waals surface area contributed by atoms with E-state index in [1.165, 1.54) is 6.07 Å². The molecular formula is C13H11F2NO. The summed E-state index contributed by atoms with van der Waals surface area (Å²) in [7, 11) is 0. The van der Waals surface area contributed by atoms with Gasteiger partial charge < -0.3 is 10.5 Å². The molecule has 0 unspecified atom stereocenters. The first-order chi connectivity index (χ1) is 8.08. The molecule has 2 rings (SSSR count). The predicted octanol–water partition coefficient (Wildman–Crippen LogP) is 3.65. The predicted molar refractivity (Wildman–Crippen MR) is 62.0 cm³/mol. The monoisotopic (exact) mass is 235 g/mol. The number of hydrogen-bond acceptors (Lipinski definition) is 2. The second kappa shape index (κ2) is 4.41. The van der Waals surface area contributed by atoms with E-state index in [9.17, 15) is 8.78 Å². The van der Waals surface area contributed by atoms with Crippen LogP contribution >= 0.6 is 0 Å². The van der Waals surface area contributed by atoms with Crippen LogP contribution in [0.4, 0.5) is 14.5 Å². The molecule has 0 aliphatic carbocycles. The van der Waals surface area contributed by atoms with E-state index in [1.54, 1.807) is 12.1 Å². The average Bonchev–Trinajstić information content (AvgIpc) is 2.28. The van der Waals surface area contributed by atoms with Crippen LogP contribution in [-0.2, 0) is 0 Å². The van der Waals surface area contributed by atoms with Crippen LogP contribution in [0.2, 0.25) is 0 Å². The number of benzene rings is 2. The smallest absolute Gasteiger partial charge is 0.162 e. The Balaban J connectivity index is 2.35. The topological polar surface area (TPSA) is 35.2 Å². The number of ether oxygens (including phenoxy) is 1. The Morgan fingerprint density at radius 1 is 1.06 bits per heavy atom. The molecule has 0 heterocycles. The van der Waals surface area contributed by atoms with Crippen molar-refractivity contribution in [3.63, 3.8) is 0 Å². The first-order valence-electron chi connectivity index (χ1n) is 5.06. The van der Waals surface area contributed by atoms with E-state index in [1.807, 2.05) is 13.0 Å². The zero-order valence-electron chi connectivity index (χ0n) is 9.21. The maximum Gasteiger partial charge on any atom is 0.162 e. The molecule has 0 atom stereocenters. The third kappa shape index (κ3) is 2.36. The van der Waals surface area contributed by atoms with Crippen molar-refractivity contribution in [3.8, 4) is 11.5 Å². The quantitative estimate of drug-likeness (QED) is 0.806. The van der Waals surface area contributed by atoms with E-state index in [4.69, 9.17) is 10.5 Å². The van der Waals surface area contributed by atoms with E-state index in [-0.39, 0.29) is 5.75 Å². The highest BCUT2D eigenvalue weighted by atomic mass is 19.2. The molecular weight excluding hydrogens is 224 g/mol. The summed E-state index contributed by atoms with van der Waals surface area (Å²) in [5, 5.41) is 0. The third-order valence-electron chi connectivity index (χ3n) is 2.35. The minimum Gasteiger partial charge on any atom is -0.455 e. The van der Waals surface area contributed by atoms with Gasteiger partial charge in [-0.3, -0.25) is 0 Å². The van der Waals surface area contributed by atoms with Crippen molar-refractivity contribution in [2.45, 2.75) is 6.92 Å². The molecule has 0 saturated heterocycles. The molecule has 0 aliphatic rings. The van der Waals surface area contributed by atoms with Gasteiger partial charge in [0.1, 0.15) is 5.75 Å². The van der Waals surface area contributed by atoms with Gasteiger partial charge in [-0.2, -0.15) is 0 Å². The Morgan fingerprint density at radius 2 is 1.82 bits per heavy atom. The number of halogens is 2. The number of rotatable bonds is 2. The highest BCUT2D eigenvalue weighted by molar-refractivity contribution is 5.57. The molecule has 2 N–H and O–H groups in total. The van der Waals surface area contributed by atoms with Crippen LogP contribution in [0.1, 0.15) is 5.56 Å². The minimum atomic E-state index is -0.949. The van der Waals surface area contributed by atoms with Crippen molar-refractivity contribution in [1.29, 1.82) is 0 Å². The standard InChI is InChI=1S/C13H11F2NO/c1-8-3-2-4-12(16)13(8)17-9-5-6-10(14)11(15)7-9/h2-7H,16H2,1H3. The lowest BCUT2D eigenvalue weighted by Gasteiger charge is -2.11. The maximum absolute atomic E-state index is 13.0. The van der Waals surface area contributed by atoms with Crippen LogP contribution in [0, 0.1) is 18.6 Å². The van der Waals surface area contributed by atoms with E-state index in [0.717, 1.165) is 17.7 Å². The van der Waals surface area contributed by atoms with E-state index in [0.29, 0.717) is 11.4 Å². The van der Waals surface area contributed by atoms with Crippen molar-refractivity contribution in [3.05, 3.63) is 53.6 Å². The molecule has 2 aromatic rings. The molecule has 0 aliphatic heterocycles. The van der Waals surface area contributed by atoms with Gasteiger partial charge in [-0.25, -0.2) is 8.78 Å². The molecule has 0 bridgehead atoms. The number of nitrogen functional groups attached to an aromatic ring is 1. The molecule has 17 heavy (non-hydrogen) atoms. The Bertz CT molecular complexity index is 535. The van der Waals surface area contributed by atoms with Gasteiger partial charge in [0.05, 0.1) is 5.69 Å². The third-order valence-corrected chi connectivity index (χ3v) is 2.35. The average molecular weight is 235 g/mol. The molecule has 2 aromatic carbocycles. The second-order valence-electron chi connectivity index (χ2n) is 3.67. The van der Waals surface area contributed by atoms with Crippen LogP contribution in [0.3, 0.4) is 0 Å². The second-order valence-corrected chi connectivity index (χ2v) is 3.67. The fourth-order valence-electron chi connectivity index (χ4n) is 1.47. The zero-order chi connectivity index (χ0) is 12.4. The summed E-state index contributed by atoms with van der Waals surface area (Å²) in [5.41, 5.74) is 7.03. The normalized spacial score (nSPS) is 10.3. The van der Waals surface area contributed by atoms with Crippen LogP contribution in [0.15, 0.2) is 36.4 Å². The van der Waals surface area contributed by atoms with Gasteiger partial charge in [0, 0.05) is 6.07 Å². The lowest BCUT2D eigenvalue weighted by Crippen LogP contribution is -1.95. The Morgan fingerprint density at radius 3 is 2.47 bits per heavy atom. The number of aryl methyl sites for hydroxylation is 1. The summed E-state index contributed by atoms with van der Waals surface area (Å²) in [6.07, 6.45) is 0. The van der Waals surface area contributed by atoms with Crippen molar-refractivity contribution < 1.29 is 13.5 Å². The minimum absolute atomic E-state index is 0.213. The van der Waals surface area contributed by atoms with Crippen LogP contribution in [0.5, 0.6) is 11.5 Å².